The van der Waals surface area contributed by atoms with Gasteiger partial charge in [-0.3, -0.25) is 4.79 Å². The van der Waals surface area contributed by atoms with Crippen LogP contribution in [0.15, 0.2) is 22.7 Å². The van der Waals surface area contributed by atoms with E-state index in [1.807, 2.05) is 0 Å². The third-order valence-corrected chi connectivity index (χ3v) is 4.95. The fraction of sp³-hybridized carbons (Fsp3) is 0.533. The molecule has 0 radical (unpaired) electrons. The Labute approximate surface area is 139 Å². The van der Waals surface area contributed by atoms with Crippen LogP contribution in [0.1, 0.15) is 16.8 Å². The summed E-state index contributed by atoms with van der Waals surface area (Å²) in [6, 6.07) is 5.24. The van der Waals surface area contributed by atoms with E-state index < -0.39 is 0 Å². The van der Waals surface area contributed by atoms with Crippen molar-refractivity contribution < 1.29 is 4.79 Å². The quantitative estimate of drug-likeness (QED) is 0.804. The molecule has 1 aliphatic heterocycles. The first-order valence-corrected chi connectivity index (χ1v) is 8.37. The van der Waals surface area contributed by atoms with Gasteiger partial charge < -0.3 is 15.1 Å². The number of nitrogens with zero attached hydrogens (tertiary/aromatic N) is 2. The van der Waals surface area contributed by atoms with E-state index in [0.717, 1.165) is 43.6 Å². The molecule has 0 spiro atoms. The van der Waals surface area contributed by atoms with Crippen LogP contribution in [-0.2, 0) is 0 Å². The molecule has 1 N–H and O–H groups in total. The van der Waals surface area contributed by atoms with Crippen molar-refractivity contribution in [2.45, 2.75) is 6.42 Å². The number of rotatable bonds is 5. The van der Waals surface area contributed by atoms with E-state index in [9.17, 15) is 4.79 Å². The number of carbonyl (C=O) groups is 1. The summed E-state index contributed by atoms with van der Waals surface area (Å²) in [5.74, 6) is -0.0669. The summed E-state index contributed by atoms with van der Waals surface area (Å²) in [4.78, 5) is 16.8. The Morgan fingerprint density at radius 1 is 1.33 bits per heavy atom. The molecular weight excluding hydrogens is 354 g/mol. The lowest BCUT2D eigenvalue weighted by Gasteiger charge is -2.32. The number of carbonyl (C=O) groups excluding carboxylic acids is 1. The summed E-state index contributed by atoms with van der Waals surface area (Å²) in [6.07, 6.45) is 0.972. The van der Waals surface area contributed by atoms with Crippen molar-refractivity contribution in [1.82, 2.24) is 15.1 Å². The van der Waals surface area contributed by atoms with Crippen LogP contribution >= 0.6 is 27.5 Å². The zero-order valence-corrected chi connectivity index (χ0v) is 14.6. The van der Waals surface area contributed by atoms with Gasteiger partial charge >= 0.3 is 0 Å². The van der Waals surface area contributed by atoms with Crippen LogP contribution in [0.4, 0.5) is 0 Å². The Bertz CT molecular complexity index is 490. The Hall–Kier alpha value is -0.620. The maximum Gasteiger partial charge on any atom is 0.251 e. The number of likely N-dealkylation sites (N-methyl/N-ethyl adjacent to an activating group) is 1. The standard InChI is InChI=1S/C15H21BrClN3O/c1-19-7-9-20(10-8-19)6-2-5-18-15(21)12-3-4-13(16)14(17)11-12/h3-4,11H,2,5-10H2,1H3,(H,18,21). The van der Waals surface area contributed by atoms with Crippen LogP contribution in [0.5, 0.6) is 0 Å². The van der Waals surface area contributed by atoms with E-state index in [1.165, 1.54) is 0 Å². The first kappa shape index (κ1) is 16.7. The molecule has 0 bridgehead atoms. The lowest BCUT2D eigenvalue weighted by molar-refractivity contribution is 0.0949. The predicted molar refractivity (Wildman–Crippen MR) is 90.0 cm³/mol. The van der Waals surface area contributed by atoms with Crippen LogP contribution in [-0.4, -0.2) is 62.0 Å². The predicted octanol–water partition coefficient (Wildman–Crippen LogP) is 2.47. The van der Waals surface area contributed by atoms with Crippen molar-refractivity contribution in [2.24, 2.45) is 0 Å². The van der Waals surface area contributed by atoms with Crippen molar-refractivity contribution in [3.8, 4) is 0 Å². The van der Waals surface area contributed by atoms with E-state index in [2.05, 4.69) is 38.1 Å². The minimum Gasteiger partial charge on any atom is -0.352 e. The van der Waals surface area contributed by atoms with Gasteiger partial charge in [0.15, 0.2) is 0 Å². The molecule has 1 aliphatic rings. The molecule has 1 amide bonds. The maximum absolute atomic E-state index is 12.0. The second-order valence-electron chi connectivity index (χ2n) is 5.38. The largest absolute Gasteiger partial charge is 0.352 e. The second-order valence-corrected chi connectivity index (χ2v) is 6.64. The van der Waals surface area contributed by atoms with Crippen LogP contribution in [0, 0.1) is 0 Å². The number of halogens is 2. The molecule has 1 saturated heterocycles. The molecule has 1 aromatic rings. The number of benzene rings is 1. The fourth-order valence-electron chi connectivity index (χ4n) is 2.32. The number of hydrogen-bond acceptors (Lipinski definition) is 3. The van der Waals surface area contributed by atoms with E-state index in [-0.39, 0.29) is 5.91 Å². The molecular formula is C15H21BrClN3O. The van der Waals surface area contributed by atoms with Gasteiger partial charge in [-0.1, -0.05) is 11.6 Å². The summed E-state index contributed by atoms with van der Waals surface area (Å²) in [7, 11) is 2.15. The van der Waals surface area contributed by atoms with Gasteiger partial charge in [0.25, 0.3) is 5.91 Å². The van der Waals surface area contributed by atoms with Gasteiger partial charge in [0.1, 0.15) is 0 Å². The first-order valence-electron chi connectivity index (χ1n) is 7.20. The average Bonchev–Trinajstić information content (AvgIpc) is 2.48. The average molecular weight is 375 g/mol. The van der Waals surface area contributed by atoms with Gasteiger partial charge in [0.2, 0.25) is 0 Å². The number of hydrogen-bond donors (Lipinski definition) is 1. The highest BCUT2D eigenvalue weighted by atomic mass is 79.9. The molecule has 1 heterocycles. The van der Waals surface area contributed by atoms with Crippen molar-refractivity contribution in [3.05, 3.63) is 33.3 Å². The Kier molecular flexibility index (Phi) is 6.48. The van der Waals surface area contributed by atoms with Gasteiger partial charge in [0, 0.05) is 42.8 Å². The minimum atomic E-state index is -0.0669. The molecule has 1 aromatic carbocycles. The molecule has 0 atom stereocenters. The molecule has 1 fully saturated rings. The van der Waals surface area contributed by atoms with Crippen LogP contribution < -0.4 is 5.32 Å². The van der Waals surface area contributed by atoms with Gasteiger partial charge in [-0.05, 0) is 54.1 Å². The summed E-state index contributed by atoms with van der Waals surface area (Å²) in [5, 5.41) is 3.50. The van der Waals surface area contributed by atoms with E-state index in [1.54, 1.807) is 18.2 Å². The molecule has 0 aliphatic carbocycles. The molecule has 2 rings (SSSR count). The van der Waals surface area contributed by atoms with Gasteiger partial charge in [-0.25, -0.2) is 0 Å². The summed E-state index contributed by atoms with van der Waals surface area (Å²) < 4.78 is 0.802. The Morgan fingerprint density at radius 2 is 2.05 bits per heavy atom. The summed E-state index contributed by atoms with van der Waals surface area (Å²) >= 11 is 9.31. The van der Waals surface area contributed by atoms with Gasteiger partial charge in [-0.2, -0.15) is 0 Å². The second kappa shape index (κ2) is 8.13. The SMILES string of the molecule is CN1CCN(CCCNC(=O)c2ccc(Br)c(Cl)c2)CC1. The van der Waals surface area contributed by atoms with Crippen molar-refractivity contribution in [2.75, 3.05) is 46.3 Å². The fourth-order valence-corrected chi connectivity index (χ4v) is 2.74. The lowest BCUT2D eigenvalue weighted by atomic mass is 10.2. The van der Waals surface area contributed by atoms with Crippen molar-refractivity contribution in [3.63, 3.8) is 0 Å². The summed E-state index contributed by atoms with van der Waals surface area (Å²) in [6.45, 7) is 6.22. The normalized spacial score (nSPS) is 16.9. The van der Waals surface area contributed by atoms with Crippen molar-refractivity contribution >= 4 is 33.4 Å². The molecule has 4 nitrogen and oxygen atoms in total. The highest BCUT2D eigenvalue weighted by Gasteiger charge is 2.13. The lowest BCUT2D eigenvalue weighted by Crippen LogP contribution is -2.45. The van der Waals surface area contributed by atoms with E-state index >= 15 is 0 Å². The molecule has 0 saturated carbocycles. The molecule has 6 heteroatoms. The zero-order chi connectivity index (χ0) is 15.2. The van der Waals surface area contributed by atoms with Crippen LogP contribution in [0.2, 0.25) is 5.02 Å². The molecule has 116 valence electrons. The number of nitrogens with one attached hydrogen (secondary N) is 1. The minimum absolute atomic E-state index is 0.0669. The maximum atomic E-state index is 12.0. The molecule has 0 aromatic heterocycles. The zero-order valence-electron chi connectivity index (χ0n) is 12.2. The third kappa shape index (κ3) is 5.25. The van der Waals surface area contributed by atoms with Crippen LogP contribution in [0.3, 0.4) is 0 Å². The van der Waals surface area contributed by atoms with Crippen LogP contribution in [0.25, 0.3) is 0 Å². The highest BCUT2D eigenvalue weighted by Crippen LogP contribution is 2.23. The smallest absolute Gasteiger partial charge is 0.251 e. The Morgan fingerprint density at radius 3 is 2.71 bits per heavy atom. The monoisotopic (exact) mass is 373 g/mol. The number of amides is 1. The Balaban J connectivity index is 1.68. The van der Waals surface area contributed by atoms with E-state index in [0.29, 0.717) is 17.1 Å². The van der Waals surface area contributed by atoms with Crippen molar-refractivity contribution in [1.29, 1.82) is 0 Å². The molecule has 21 heavy (non-hydrogen) atoms. The highest BCUT2D eigenvalue weighted by molar-refractivity contribution is 9.10. The summed E-state index contributed by atoms with van der Waals surface area (Å²) in [5.41, 5.74) is 0.600. The van der Waals surface area contributed by atoms with E-state index in [4.69, 9.17) is 11.6 Å². The number of piperazine rings is 1. The van der Waals surface area contributed by atoms with Gasteiger partial charge in [-0.15, -0.1) is 0 Å². The van der Waals surface area contributed by atoms with Gasteiger partial charge in [0.05, 0.1) is 5.02 Å². The first-order chi connectivity index (χ1) is 10.1. The third-order valence-electron chi connectivity index (χ3n) is 3.71. The molecule has 0 unspecified atom stereocenters. The topological polar surface area (TPSA) is 35.6 Å².